The molecule has 1 aliphatic carbocycles. The van der Waals surface area contributed by atoms with Gasteiger partial charge in [0.25, 0.3) is 0 Å². The second-order valence-corrected chi connectivity index (χ2v) is 7.65. The molecule has 140 valence electrons. The van der Waals surface area contributed by atoms with Crippen LogP contribution in [-0.2, 0) is 6.54 Å². The number of likely N-dealkylation sites (tertiary alicyclic amines) is 1. The van der Waals surface area contributed by atoms with Crippen molar-refractivity contribution in [1.82, 2.24) is 29.9 Å². The first-order chi connectivity index (χ1) is 12.6. The van der Waals surface area contributed by atoms with Crippen LogP contribution in [-0.4, -0.2) is 43.7 Å². The zero-order valence-electron chi connectivity index (χ0n) is 15.4. The summed E-state index contributed by atoms with van der Waals surface area (Å²) in [6, 6.07) is -0.143. The van der Waals surface area contributed by atoms with Crippen LogP contribution in [0.2, 0.25) is 0 Å². The van der Waals surface area contributed by atoms with Crippen LogP contribution in [0, 0.1) is 19.3 Å². The van der Waals surface area contributed by atoms with E-state index in [9.17, 15) is 4.79 Å². The summed E-state index contributed by atoms with van der Waals surface area (Å²) in [7, 11) is 0. The lowest BCUT2D eigenvalue weighted by Gasteiger charge is -2.34. The molecule has 0 aromatic carbocycles. The van der Waals surface area contributed by atoms with Crippen LogP contribution in [0.3, 0.4) is 0 Å². The van der Waals surface area contributed by atoms with Crippen molar-refractivity contribution in [1.29, 1.82) is 0 Å². The number of aromatic nitrogens is 4. The molecule has 2 aromatic rings. The molecule has 2 amide bonds. The van der Waals surface area contributed by atoms with Crippen molar-refractivity contribution >= 4 is 6.03 Å². The topological polar surface area (TPSA) is 89.1 Å². The first-order valence-electron chi connectivity index (χ1n) is 9.39. The van der Waals surface area contributed by atoms with E-state index in [0.29, 0.717) is 18.3 Å². The van der Waals surface area contributed by atoms with Crippen LogP contribution in [0.1, 0.15) is 55.7 Å². The van der Waals surface area contributed by atoms with Crippen molar-refractivity contribution in [3.63, 3.8) is 0 Å². The smallest absolute Gasteiger partial charge is 0.318 e. The number of aryl methyl sites for hydroxylation is 2. The number of hydrogen-bond donors (Lipinski definition) is 1. The van der Waals surface area contributed by atoms with E-state index in [2.05, 4.69) is 25.0 Å². The zero-order chi connectivity index (χ0) is 18.1. The molecule has 2 fully saturated rings. The molecule has 2 aliphatic rings. The van der Waals surface area contributed by atoms with Crippen molar-refractivity contribution in [2.45, 2.75) is 58.5 Å². The number of imidazole rings is 1. The van der Waals surface area contributed by atoms with E-state index >= 15 is 0 Å². The molecule has 26 heavy (non-hydrogen) atoms. The second kappa shape index (κ2) is 6.74. The Morgan fingerprint density at radius 1 is 1.38 bits per heavy atom. The minimum Gasteiger partial charge on any atom is -0.337 e. The third kappa shape index (κ3) is 3.45. The summed E-state index contributed by atoms with van der Waals surface area (Å²) in [5.41, 5.74) is 0.160. The van der Waals surface area contributed by atoms with Crippen LogP contribution in [0.25, 0.3) is 0 Å². The van der Waals surface area contributed by atoms with Gasteiger partial charge in [-0.25, -0.2) is 9.78 Å². The zero-order valence-corrected chi connectivity index (χ0v) is 15.4. The molecule has 0 radical (unpaired) electrons. The summed E-state index contributed by atoms with van der Waals surface area (Å²) in [4.78, 5) is 23.3. The molecule has 1 saturated heterocycles. The van der Waals surface area contributed by atoms with Gasteiger partial charge in [-0.3, -0.25) is 0 Å². The predicted molar refractivity (Wildman–Crippen MR) is 94.4 cm³/mol. The Morgan fingerprint density at radius 3 is 2.88 bits per heavy atom. The van der Waals surface area contributed by atoms with Gasteiger partial charge in [-0.1, -0.05) is 5.16 Å². The van der Waals surface area contributed by atoms with E-state index in [-0.39, 0.29) is 17.5 Å². The van der Waals surface area contributed by atoms with Gasteiger partial charge in [-0.05, 0) is 46.0 Å². The molecule has 3 heterocycles. The van der Waals surface area contributed by atoms with E-state index in [1.807, 2.05) is 24.2 Å². The fraction of sp³-hybridized carbons (Fsp3) is 0.667. The van der Waals surface area contributed by atoms with E-state index in [0.717, 1.165) is 51.0 Å². The molecule has 0 bridgehead atoms. The highest BCUT2D eigenvalue weighted by atomic mass is 16.5. The quantitative estimate of drug-likeness (QED) is 0.887. The Labute approximate surface area is 153 Å². The fourth-order valence-corrected chi connectivity index (χ4v) is 3.74. The van der Waals surface area contributed by atoms with Crippen LogP contribution < -0.4 is 5.32 Å². The van der Waals surface area contributed by atoms with Crippen molar-refractivity contribution < 1.29 is 9.32 Å². The highest BCUT2D eigenvalue weighted by molar-refractivity contribution is 5.74. The molecule has 0 spiro atoms. The van der Waals surface area contributed by atoms with Gasteiger partial charge in [0.05, 0.1) is 0 Å². The molecule has 4 rings (SSSR count). The number of rotatable bonds is 5. The molecule has 1 saturated carbocycles. The number of carbonyl (C=O) groups excluding carboxylic acids is 1. The minimum absolute atomic E-state index is 0.0285. The number of piperidine rings is 1. The Bertz CT molecular complexity index is 778. The van der Waals surface area contributed by atoms with Gasteiger partial charge in [0.2, 0.25) is 5.89 Å². The van der Waals surface area contributed by atoms with Gasteiger partial charge in [0.1, 0.15) is 11.9 Å². The first-order valence-corrected chi connectivity index (χ1v) is 9.39. The normalized spacial score (nSPS) is 21.6. The average Bonchev–Trinajstić information content (AvgIpc) is 3.08. The Balaban J connectivity index is 1.38. The van der Waals surface area contributed by atoms with Crippen LogP contribution in [0.15, 0.2) is 16.9 Å². The standard InChI is InChI=1S/C18H26N6O2/c1-13-21-16(26-22-13)15-5-3-4-9-24(15)17(25)20-11-18(6-7-18)12-23-10-8-19-14(23)2/h8,10,15H,3-7,9,11-12H2,1-2H3,(H,20,25). The number of nitrogens with one attached hydrogen (secondary N) is 1. The van der Waals surface area contributed by atoms with Gasteiger partial charge >= 0.3 is 6.03 Å². The third-order valence-corrected chi connectivity index (χ3v) is 5.59. The van der Waals surface area contributed by atoms with Gasteiger partial charge in [0.15, 0.2) is 5.82 Å². The SMILES string of the molecule is Cc1noc(C2CCCCN2C(=O)NCC2(Cn3ccnc3C)CC2)n1. The molecule has 2 aromatic heterocycles. The van der Waals surface area contributed by atoms with Crippen molar-refractivity contribution in [3.8, 4) is 0 Å². The Morgan fingerprint density at radius 2 is 2.23 bits per heavy atom. The monoisotopic (exact) mass is 358 g/mol. The maximum Gasteiger partial charge on any atom is 0.318 e. The molecule has 8 nitrogen and oxygen atoms in total. The summed E-state index contributed by atoms with van der Waals surface area (Å²) in [5, 5.41) is 7.03. The number of carbonyl (C=O) groups is 1. The van der Waals surface area contributed by atoms with Crippen molar-refractivity contribution in [3.05, 3.63) is 29.9 Å². The summed E-state index contributed by atoms with van der Waals surface area (Å²) in [6.45, 7) is 6.14. The molecule has 1 unspecified atom stereocenters. The number of amides is 2. The lowest BCUT2D eigenvalue weighted by molar-refractivity contribution is 0.130. The minimum atomic E-state index is -0.115. The number of urea groups is 1. The largest absolute Gasteiger partial charge is 0.337 e. The lowest BCUT2D eigenvalue weighted by Crippen LogP contribution is -2.46. The van der Waals surface area contributed by atoms with Crippen molar-refractivity contribution in [2.75, 3.05) is 13.1 Å². The molecule has 1 N–H and O–H groups in total. The summed E-state index contributed by atoms with van der Waals surface area (Å²) in [6.07, 6.45) is 9.06. The first kappa shape index (κ1) is 17.1. The molecular weight excluding hydrogens is 332 g/mol. The van der Waals surface area contributed by atoms with E-state index in [1.54, 1.807) is 6.92 Å². The Kier molecular flexibility index (Phi) is 4.42. The van der Waals surface area contributed by atoms with Crippen LogP contribution >= 0.6 is 0 Å². The summed E-state index contributed by atoms with van der Waals surface area (Å²) < 4.78 is 7.50. The maximum atomic E-state index is 12.8. The van der Waals surface area contributed by atoms with Crippen LogP contribution in [0.4, 0.5) is 4.79 Å². The number of hydrogen-bond acceptors (Lipinski definition) is 5. The van der Waals surface area contributed by atoms with E-state index < -0.39 is 0 Å². The van der Waals surface area contributed by atoms with Crippen LogP contribution in [0.5, 0.6) is 0 Å². The Hall–Kier alpha value is -2.38. The molecule has 1 aliphatic heterocycles. The maximum absolute atomic E-state index is 12.8. The lowest BCUT2D eigenvalue weighted by atomic mass is 10.0. The highest BCUT2D eigenvalue weighted by Crippen LogP contribution is 2.46. The molecule has 1 atom stereocenters. The molecule has 8 heteroatoms. The molecular formula is C18H26N6O2. The van der Waals surface area contributed by atoms with E-state index in [4.69, 9.17) is 4.52 Å². The third-order valence-electron chi connectivity index (χ3n) is 5.59. The van der Waals surface area contributed by atoms with Gasteiger partial charge in [-0.2, -0.15) is 4.98 Å². The van der Waals surface area contributed by atoms with Gasteiger partial charge in [-0.15, -0.1) is 0 Å². The average molecular weight is 358 g/mol. The summed E-state index contributed by atoms with van der Waals surface area (Å²) in [5.74, 6) is 2.18. The predicted octanol–water partition coefficient (Wildman–Crippen LogP) is 2.60. The highest BCUT2D eigenvalue weighted by Gasteiger charge is 2.44. The number of nitrogens with zero attached hydrogens (tertiary/aromatic N) is 5. The van der Waals surface area contributed by atoms with Crippen molar-refractivity contribution in [2.24, 2.45) is 5.41 Å². The van der Waals surface area contributed by atoms with Gasteiger partial charge in [0, 0.05) is 37.4 Å². The fourth-order valence-electron chi connectivity index (χ4n) is 3.74. The van der Waals surface area contributed by atoms with E-state index in [1.165, 1.54) is 0 Å². The summed E-state index contributed by atoms with van der Waals surface area (Å²) >= 11 is 0. The van der Waals surface area contributed by atoms with Gasteiger partial charge < -0.3 is 19.3 Å². The second-order valence-electron chi connectivity index (χ2n) is 7.65.